The van der Waals surface area contributed by atoms with Crippen LogP contribution in [0, 0.1) is 3.57 Å². The van der Waals surface area contributed by atoms with E-state index in [-0.39, 0.29) is 25.3 Å². The summed E-state index contributed by atoms with van der Waals surface area (Å²) >= 11 is 1.94. The monoisotopic (exact) mass is 631 g/mol. The van der Waals surface area contributed by atoms with Gasteiger partial charge in [0.15, 0.2) is 0 Å². The minimum atomic E-state index is -5.04. The van der Waals surface area contributed by atoms with Gasteiger partial charge in [-0.1, -0.05) is 0 Å². The number of aliphatic hydroxyl groups excluding tert-OH is 2. The van der Waals surface area contributed by atoms with Gasteiger partial charge in [-0.2, -0.15) is 26.3 Å². The maximum atomic E-state index is 13.4. The summed E-state index contributed by atoms with van der Waals surface area (Å²) in [7, 11) is 1.36. The fourth-order valence-electron chi connectivity index (χ4n) is 4.13. The molecular formula is C23H24F6IN3O3. The van der Waals surface area contributed by atoms with Crippen LogP contribution in [0.25, 0.3) is 0 Å². The van der Waals surface area contributed by atoms with Crippen molar-refractivity contribution in [1.82, 2.24) is 4.98 Å². The molecule has 2 heterocycles. The predicted octanol–water partition coefficient (Wildman–Crippen LogP) is 4.60. The molecule has 1 saturated heterocycles. The van der Waals surface area contributed by atoms with Crippen LogP contribution in [0.15, 0.2) is 30.5 Å². The molecule has 0 spiro atoms. The quantitative estimate of drug-likeness (QED) is 0.373. The molecule has 1 aromatic carbocycles. The first-order valence-electron chi connectivity index (χ1n) is 10.8. The smallest absolute Gasteiger partial charge is 0.394 e. The Balaban J connectivity index is 1.96. The van der Waals surface area contributed by atoms with Crippen LogP contribution in [0.5, 0.6) is 0 Å². The number of likely N-dealkylation sites (N-methyl/N-ethyl adjacent to an activating group) is 1. The second-order valence-corrected chi connectivity index (χ2v) is 10.3. The zero-order chi connectivity index (χ0) is 27.2. The van der Waals surface area contributed by atoms with Gasteiger partial charge in [0.25, 0.3) is 0 Å². The van der Waals surface area contributed by atoms with Crippen molar-refractivity contribution in [2.75, 3.05) is 30.0 Å². The highest BCUT2D eigenvalue weighted by molar-refractivity contribution is 14.1. The van der Waals surface area contributed by atoms with Crippen molar-refractivity contribution in [3.05, 3.63) is 50.7 Å². The maximum absolute atomic E-state index is 13.4. The minimum Gasteiger partial charge on any atom is -0.394 e. The molecule has 36 heavy (non-hydrogen) atoms. The highest BCUT2D eigenvalue weighted by Gasteiger charge is 2.41. The van der Waals surface area contributed by atoms with E-state index in [1.165, 1.54) is 27.1 Å². The molecule has 0 aliphatic carbocycles. The summed E-state index contributed by atoms with van der Waals surface area (Å²) in [6.45, 7) is 2.58. The first-order chi connectivity index (χ1) is 16.5. The van der Waals surface area contributed by atoms with E-state index in [2.05, 4.69) is 4.98 Å². The second kappa shape index (κ2) is 9.97. The summed E-state index contributed by atoms with van der Waals surface area (Å²) < 4.78 is 80.6. The molecule has 2 unspecified atom stereocenters. The molecule has 0 saturated carbocycles. The Labute approximate surface area is 217 Å². The van der Waals surface area contributed by atoms with Crippen molar-refractivity contribution < 1.29 is 41.4 Å². The van der Waals surface area contributed by atoms with E-state index in [0.717, 1.165) is 4.90 Å². The van der Waals surface area contributed by atoms with Gasteiger partial charge in [0.1, 0.15) is 5.82 Å². The largest absolute Gasteiger partial charge is 0.416 e. The number of amides is 1. The maximum Gasteiger partial charge on any atom is 0.416 e. The summed E-state index contributed by atoms with van der Waals surface area (Å²) in [6, 6.07) is 2.42. The van der Waals surface area contributed by atoms with Crippen LogP contribution in [0.1, 0.15) is 37.0 Å². The van der Waals surface area contributed by atoms with Gasteiger partial charge >= 0.3 is 12.4 Å². The first kappa shape index (κ1) is 28.4. The summed E-state index contributed by atoms with van der Waals surface area (Å²) in [6.07, 6.45) is -8.99. The Bertz CT molecular complexity index is 1110. The lowest BCUT2D eigenvalue weighted by atomic mass is 9.81. The van der Waals surface area contributed by atoms with Crippen LogP contribution in [0.2, 0.25) is 0 Å². The van der Waals surface area contributed by atoms with Gasteiger partial charge < -0.3 is 20.0 Å². The molecule has 1 aliphatic rings. The number of aliphatic hydroxyl groups is 2. The van der Waals surface area contributed by atoms with Gasteiger partial charge in [-0.15, -0.1) is 0 Å². The molecule has 2 aromatic rings. The number of β-amino-alcohol motifs (C(OH)–C–C–N with tert-alkyl or cyclic N) is 1. The summed E-state index contributed by atoms with van der Waals surface area (Å²) in [5, 5.41) is 19.5. The average molecular weight is 631 g/mol. The van der Waals surface area contributed by atoms with Crippen LogP contribution >= 0.6 is 22.6 Å². The Morgan fingerprint density at radius 3 is 2.08 bits per heavy atom. The van der Waals surface area contributed by atoms with Crippen LogP contribution < -0.4 is 9.80 Å². The minimum absolute atomic E-state index is 0.0221. The number of carbonyl (C=O) groups is 1. The van der Waals surface area contributed by atoms with E-state index in [4.69, 9.17) is 0 Å². The first-order valence-corrected chi connectivity index (χ1v) is 11.8. The number of hydrogen-bond acceptors (Lipinski definition) is 5. The van der Waals surface area contributed by atoms with E-state index in [0.29, 0.717) is 33.6 Å². The standard InChI is InChI=1S/C23H24F6IN3O3/c1-21(2,12-4-13(22(24,25)26)6-14(5-12)23(27,28)29)20(36)32(3)18-9-31-19(8-17(18)30)33-10-16(35)7-15(33)11-34/h4-6,8-9,15-16,34-35H,7,10-11H2,1-3H3. The number of pyridine rings is 1. The fraction of sp³-hybridized carbons (Fsp3) is 0.478. The van der Waals surface area contributed by atoms with Gasteiger partial charge in [0.05, 0.1) is 47.2 Å². The molecule has 1 fully saturated rings. The van der Waals surface area contributed by atoms with Crippen molar-refractivity contribution in [1.29, 1.82) is 0 Å². The second-order valence-electron chi connectivity index (χ2n) is 9.16. The molecule has 6 nitrogen and oxygen atoms in total. The van der Waals surface area contributed by atoms with Gasteiger partial charge in [-0.05, 0) is 72.7 Å². The lowest BCUT2D eigenvalue weighted by Crippen LogP contribution is -2.42. The number of halogens is 7. The number of aromatic nitrogens is 1. The van der Waals surface area contributed by atoms with Gasteiger partial charge in [-0.3, -0.25) is 4.79 Å². The number of hydrogen-bond donors (Lipinski definition) is 2. The topological polar surface area (TPSA) is 76.9 Å². The molecule has 2 atom stereocenters. The fourth-order valence-corrected chi connectivity index (χ4v) is 4.91. The van der Waals surface area contributed by atoms with Gasteiger partial charge in [0, 0.05) is 17.2 Å². The Hall–Kier alpha value is -2.13. The van der Waals surface area contributed by atoms with E-state index >= 15 is 0 Å². The third-order valence-electron chi connectivity index (χ3n) is 6.23. The number of rotatable bonds is 5. The number of nitrogens with zero attached hydrogens (tertiary/aromatic N) is 3. The third kappa shape index (κ3) is 5.72. The van der Waals surface area contributed by atoms with Crippen molar-refractivity contribution in [3.8, 4) is 0 Å². The number of carbonyl (C=O) groups excluding carboxylic acids is 1. The lowest BCUT2D eigenvalue weighted by Gasteiger charge is -2.32. The molecule has 3 rings (SSSR count). The highest BCUT2D eigenvalue weighted by atomic mass is 127. The van der Waals surface area contributed by atoms with Gasteiger partial charge in [-0.25, -0.2) is 4.98 Å². The van der Waals surface area contributed by atoms with E-state index in [1.54, 1.807) is 11.0 Å². The number of anilines is 2. The summed E-state index contributed by atoms with van der Waals surface area (Å²) in [4.78, 5) is 20.6. The normalized spacial score (nSPS) is 19.1. The third-order valence-corrected chi connectivity index (χ3v) is 7.09. The molecule has 1 aromatic heterocycles. The molecule has 13 heteroatoms. The van der Waals surface area contributed by atoms with E-state index < -0.39 is 46.5 Å². The number of benzene rings is 1. The molecule has 2 N–H and O–H groups in total. The Kier molecular flexibility index (Phi) is 7.88. The molecule has 1 amide bonds. The van der Waals surface area contributed by atoms with Crippen molar-refractivity contribution in [2.45, 2.75) is 50.2 Å². The molecular weight excluding hydrogens is 607 g/mol. The Morgan fingerprint density at radius 1 is 1.08 bits per heavy atom. The Morgan fingerprint density at radius 2 is 1.61 bits per heavy atom. The zero-order valence-electron chi connectivity index (χ0n) is 19.5. The molecule has 0 radical (unpaired) electrons. The van der Waals surface area contributed by atoms with Gasteiger partial charge in [0.2, 0.25) is 5.91 Å². The van der Waals surface area contributed by atoms with E-state index in [1.807, 2.05) is 22.6 Å². The van der Waals surface area contributed by atoms with Crippen LogP contribution in [-0.4, -0.2) is 53.4 Å². The average Bonchev–Trinajstić information content (AvgIpc) is 3.17. The van der Waals surface area contributed by atoms with Crippen molar-refractivity contribution in [2.24, 2.45) is 0 Å². The molecule has 1 aliphatic heterocycles. The van der Waals surface area contributed by atoms with Crippen molar-refractivity contribution >= 4 is 40.0 Å². The van der Waals surface area contributed by atoms with Crippen molar-refractivity contribution in [3.63, 3.8) is 0 Å². The van der Waals surface area contributed by atoms with E-state index in [9.17, 15) is 41.4 Å². The molecule has 0 bridgehead atoms. The SMILES string of the molecule is CN(C(=O)C(C)(C)c1cc(C(F)(F)F)cc(C(F)(F)F)c1)c1cnc(N2CC(O)CC2CO)cc1I. The zero-order valence-corrected chi connectivity index (χ0v) is 21.6. The lowest BCUT2D eigenvalue weighted by molar-refractivity contribution is -0.143. The summed E-state index contributed by atoms with van der Waals surface area (Å²) in [5.41, 5.74) is -4.89. The van der Waals surface area contributed by atoms with Crippen LogP contribution in [-0.2, 0) is 22.6 Å². The highest BCUT2D eigenvalue weighted by Crippen LogP contribution is 2.40. The summed E-state index contributed by atoms with van der Waals surface area (Å²) in [5.74, 6) is -0.293. The number of alkyl halides is 6. The van der Waals surface area contributed by atoms with Crippen LogP contribution in [0.3, 0.4) is 0 Å². The van der Waals surface area contributed by atoms with Crippen LogP contribution in [0.4, 0.5) is 37.8 Å². The molecule has 198 valence electrons. The predicted molar refractivity (Wildman–Crippen MR) is 129 cm³/mol.